The van der Waals surface area contributed by atoms with Crippen molar-refractivity contribution in [2.75, 3.05) is 98.8 Å². The van der Waals surface area contributed by atoms with Crippen molar-refractivity contribution >= 4 is 79.8 Å². The molecule has 97 heavy (non-hydrogen) atoms. The van der Waals surface area contributed by atoms with Crippen LogP contribution in [0, 0.1) is 6.92 Å². The molecule has 0 unspecified atom stereocenters. The minimum absolute atomic E-state index is 0.478. The van der Waals surface area contributed by atoms with Gasteiger partial charge in [-0.3, -0.25) is 0 Å². The maximum atomic E-state index is 6.14. The number of allylic oxidation sites excluding steroid dienone is 4. The van der Waals surface area contributed by atoms with Crippen molar-refractivity contribution in [1.82, 2.24) is 0 Å². The molecule has 5 aromatic carbocycles. The van der Waals surface area contributed by atoms with Crippen LogP contribution in [0.1, 0.15) is 48.1 Å². The lowest BCUT2D eigenvalue weighted by Crippen LogP contribution is -2.14. The Kier molecular flexibility index (Phi) is 30.7. The van der Waals surface area contributed by atoms with E-state index in [0.717, 1.165) is 66.5 Å². The summed E-state index contributed by atoms with van der Waals surface area (Å²) >= 11 is 12.3. The van der Waals surface area contributed by atoms with Gasteiger partial charge in [-0.1, -0.05) is 163 Å². The largest absolute Gasteiger partial charge is 0.485 e. The van der Waals surface area contributed by atoms with Crippen LogP contribution in [0.3, 0.4) is 0 Å². The molecule has 0 N–H and O–H groups in total. The van der Waals surface area contributed by atoms with E-state index in [1.165, 1.54) is 62.0 Å². The molecule has 15 rings (SSSR count). The summed E-state index contributed by atoms with van der Waals surface area (Å²) in [5.74, 6) is 3.29. The Balaban J connectivity index is 0.000000206. The molecule has 0 bridgehead atoms. The average molecular weight is 1430 g/mol. The summed E-state index contributed by atoms with van der Waals surface area (Å²) in [6, 6.07) is 63.4. The predicted octanol–water partition coefficient (Wildman–Crippen LogP) is 21.9. The minimum atomic E-state index is 0.478. The van der Waals surface area contributed by atoms with E-state index in [1.807, 2.05) is 120 Å². The van der Waals surface area contributed by atoms with Crippen LogP contribution >= 0.6 is 79.8 Å². The molecule has 0 saturated carbocycles. The molecular formula is C80H84O10S7. The third kappa shape index (κ3) is 22.3. The number of rotatable bonds is 24. The molecule has 17 heteroatoms. The number of hydrogen-bond donors (Lipinski definition) is 0. The number of hydrogen-bond acceptors (Lipinski definition) is 17. The standard InChI is InChI=1S/C42H46O10S6.C13H10.C7H8S.C7H8.C6H6.C5H6/c1-3-43-9-11-45-13-15-47-23-27-21-35(57-39(27)41-37-29(25-53-41)49-17-19-51-37)33-7-5-31(55-33)32-6-8-34(56-32)36-22-28(24-48-16-14-46-12-10-44-4-2)40(58-36)42-38-30(26-54-42)50-18-20-52-38;1-3-7-12-10(5-1)9-11-6-2-4-8-13(11)12;1-8-7-5-3-2-4-6-7;1-7-5-3-2-4-6-7;1-2-4-6-5-3-1;1-2-4-5-3-1/h5-8,21-22,25-26H,3-4,9-20,23-24H2,1-2H3;1-8H,9H2;2-6H,1H3;2-6H,1H3;1-6H;1-4H,5H2. The van der Waals surface area contributed by atoms with E-state index in [4.69, 9.17) is 47.4 Å². The summed E-state index contributed by atoms with van der Waals surface area (Å²) < 4.78 is 58.4. The molecule has 2 aliphatic carbocycles. The number of benzene rings is 5. The Morgan fingerprint density at radius 1 is 0.392 bits per heavy atom. The van der Waals surface area contributed by atoms with Crippen molar-refractivity contribution in [3.05, 3.63) is 245 Å². The van der Waals surface area contributed by atoms with Gasteiger partial charge in [-0.25, -0.2) is 0 Å². The summed E-state index contributed by atoms with van der Waals surface area (Å²) in [6.07, 6.45) is 12.7. The Labute approximate surface area is 600 Å². The molecule has 6 aromatic heterocycles. The van der Waals surface area contributed by atoms with E-state index >= 15 is 0 Å². The molecule has 0 spiro atoms. The van der Waals surface area contributed by atoms with Crippen LogP contribution in [0.2, 0.25) is 0 Å². The Bertz CT molecular complexity index is 3850. The molecule has 0 radical (unpaired) electrons. The minimum Gasteiger partial charge on any atom is -0.485 e. The van der Waals surface area contributed by atoms with E-state index in [-0.39, 0.29) is 0 Å². The maximum Gasteiger partial charge on any atom is 0.180 e. The van der Waals surface area contributed by atoms with Crippen molar-refractivity contribution in [1.29, 1.82) is 0 Å². The molecule has 0 fully saturated rings. The fraction of sp³-hybridized carbons (Fsp3) is 0.275. The zero-order chi connectivity index (χ0) is 66.9. The van der Waals surface area contributed by atoms with Crippen LogP contribution in [-0.4, -0.2) is 98.8 Å². The number of aryl methyl sites for hydroxylation is 1. The fourth-order valence-electron chi connectivity index (χ4n) is 10.2. The molecule has 0 saturated heterocycles. The number of ether oxygens (including phenoxy) is 10. The summed E-state index contributed by atoms with van der Waals surface area (Å²) in [4.78, 5) is 13.1. The van der Waals surface area contributed by atoms with Gasteiger partial charge in [-0.2, -0.15) is 0 Å². The first-order valence-electron chi connectivity index (χ1n) is 32.7. The van der Waals surface area contributed by atoms with Crippen molar-refractivity contribution < 1.29 is 47.4 Å². The van der Waals surface area contributed by atoms with Gasteiger partial charge in [0.15, 0.2) is 23.0 Å². The first-order valence-corrected chi connectivity index (χ1v) is 39.0. The third-order valence-corrected chi connectivity index (χ3v) is 23.0. The van der Waals surface area contributed by atoms with Gasteiger partial charge in [-0.05, 0) is 122 Å². The molecule has 0 atom stereocenters. The fourth-order valence-corrected chi connectivity index (χ4v) is 17.5. The van der Waals surface area contributed by atoms with Gasteiger partial charge in [-0.15, -0.1) is 79.8 Å². The second-order valence-electron chi connectivity index (χ2n) is 21.8. The van der Waals surface area contributed by atoms with Gasteiger partial charge in [0.25, 0.3) is 0 Å². The number of thioether (sulfide) groups is 1. The quantitative estimate of drug-likeness (QED) is 0.0428. The molecule has 2 aliphatic heterocycles. The second-order valence-corrected chi connectivity index (χ2v) is 28.7. The first-order chi connectivity index (χ1) is 48.0. The van der Waals surface area contributed by atoms with Crippen LogP contribution < -0.4 is 18.9 Å². The van der Waals surface area contributed by atoms with Crippen molar-refractivity contribution in [3.8, 4) is 82.9 Å². The Morgan fingerprint density at radius 2 is 0.773 bits per heavy atom. The molecule has 10 nitrogen and oxygen atoms in total. The number of thiophene rings is 6. The molecule has 0 amide bonds. The molecule has 4 aliphatic rings. The topological polar surface area (TPSA) is 92.3 Å². The van der Waals surface area contributed by atoms with Crippen LogP contribution in [0.5, 0.6) is 23.0 Å². The highest BCUT2D eigenvalue weighted by Crippen LogP contribution is 2.54. The van der Waals surface area contributed by atoms with Crippen molar-refractivity contribution in [2.45, 2.75) is 51.7 Å². The van der Waals surface area contributed by atoms with E-state index in [9.17, 15) is 0 Å². The monoisotopic (exact) mass is 1430 g/mol. The first kappa shape index (κ1) is 72.8. The average Bonchev–Trinajstić information content (AvgIpc) is 1.65. The lowest BCUT2D eigenvalue weighted by Gasteiger charge is -2.16. The van der Waals surface area contributed by atoms with E-state index in [1.54, 1.807) is 57.1 Å². The smallest absolute Gasteiger partial charge is 0.180 e. The Morgan fingerprint density at radius 3 is 1.16 bits per heavy atom. The summed E-state index contributed by atoms with van der Waals surface area (Å²) in [6.45, 7) is 15.0. The normalized spacial score (nSPS) is 12.5. The van der Waals surface area contributed by atoms with Gasteiger partial charge in [0.1, 0.15) is 26.4 Å². The highest BCUT2D eigenvalue weighted by Gasteiger charge is 2.27. The van der Waals surface area contributed by atoms with Gasteiger partial charge in [0.2, 0.25) is 0 Å². The molecule has 8 heterocycles. The van der Waals surface area contributed by atoms with Gasteiger partial charge < -0.3 is 47.4 Å². The van der Waals surface area contributed by atoms with Gasteiger partial charge in [0.05, 0.1) is 85.6 Å². The predicted molar refractivity (Wildman–Crippen MR) is 410 cm³/mol. The van der Waals surface area contributed by atoms with Crippen LogP contribution in [0.4, 0.5) is 0 Å². The number of fused-ring (bicyclic) bond motifs is 5. The lowest BCUT2D eigenvalue weighted by atomic mass is 10.1. The van der Waals surface area contributed by atoms with E-state index in [0.29, 0.717) is 106 Å². The Hall–Kier alpha value is -6.91. The highest BCUT2D eigenvalue weighted by molar-refractivity contribution is 7.98. The second kappa shape index (κ2) is 40.9. The van der Waals surface area contributed by atoms with Gasteiger partial charge >= 0.3 is 0 Å². The van der Waals surface area contributed by atoms with E-state index in [2.05, 4.69) is 147 Å². The van der Waals surface area contributed by atoms with Crippen LogP contribution in [0.25, 0.3) is 59.9 Å². The summed E-state index contributed by atoms with van der Waals surface area (Å²) in [7, 11) is 0. The van der Waals surface area contributed by atoms with Gasteiger partial charge in [0, 0.05) is 58.1 Å². The molecule has 11 aromatic rings. The molecule has 506 valence electrons. The molecular weight excluding hydrogens is 1350 g/mol. The van der Waals surface area contributed by atoms with Crippen LogP contribution in [0.15, 0.2) is 222 Å². The summed E-state index contributed by atoms with van der Waals surface area (Å²) in [5, 5.41) is 4.09. The SMILES string of the molecule is C1=CCC=C1.CCOCCOCCOCc1cc(-c2ccc(-c3ccc(-c4cc(COCCOCCOCC)c(-c5scc6c5OCCO6)s4)s3)s2)sc1-c1scc2c1OCCO2.CSc1ccccc1.Cc1ccccc1.c1ccc2c(c1)Cc1ccccc1-2.c1ccccc1. The van der Waals surface area contributed by atoms with E-state index < -0.39 is 0 Å². The highest BCUT2D eigenvalue weighted by atomic mass is 32.2. The van der Waals surface area contributed by atoms with Crippen molar-refractivity contribution in [3.63, 3.8) is 0 Å². The lowest BCUT2D eigenvalue weighted by molar-refractivity contribution is 0.0129. The maximum absolute atomic E-state index is 6.14. The van der Waals surface area contributed by atoms with Crippen LogP contribution in [-0.2, 0) is 48.1 Å². The van der Waals surface area contributed by atoms with Crippen molar-refractivity contribution in [2.24, 2.45) is 0 Å². The summed E-state index contributed by atoms with van der Waals surface area (Å²) in [5.41, 5.74) is 9.34. The third-order valence-electron chi connectivity index (χ3n) is 14.9. The zero-order valence-electron chi connectivity index (χ0n) is 55.5. The zero-order valence-corrected chi connectivity index (χ0v) is 61.2.